The lowest BCUT2D eigenvalue weighted by Gasteiger charge is -2.37. The first-order valence-corrected chi connectivity index (χ1v) is 12.4. The van der Waals surface area contributed by atoms with Crippen LogP contribution >= 0.6 is 0 Å². The van der Waals surface area contributed by atoms with Crippen LogP contribution in [0.25, 0.3) is 10.9 Å². The average molecular weight is 484 g/mol. The number of nitrogens with one attached hydrogen (secondary N) is 1. The van der Waals surface area contributed by atoms with Crippen LogP contribution in [0.15, 0.2) is 72.9 Å². The zero-order valence-electron chi connectivity index (χ0n) is 21.2. The van der Waals surface area contributed by atoms with Crippen LogP contribution in [0, 0.1) is 6.92 Å². The van der Waals surface area contributed by atoms with E-state index in [4.69, 9.17) is 9.47 Å². The van der Waals surface area contributed by atoms with Crippen molar-refractivity contribution in [3.63, 3.8) is 0 Å². The molecule has 36 heavy (non-hydrogen) atoms. The van der Waals surface area contributed by atoms with E-state index < -0.39 is 0 Å². The summed E-state index contributed by atoms with van der Waals surface area (Å²) < 4.78 is 11.1. The molecule has 6 nitrogen and oxygen atoms in total. The number of fused-ring (bicyclic) bond motifs is 1. The molecular formula is C30H33N3O3. The molecular weight excluding hydrogens is 450 g/mol. The number of aromatic nitrogens is 1. The molecule has 0 aliphatic carbocycles. The Morgan fingerprint density at radius 2 is 1.58 bits per heavy atom. The first kappa shape index (κ1) is 23.8. The Labute approximate surface area is 212 Å². The number of hydrogen-bond donors (Lipinski definition) is 1. The zero-order valence-corrected chi connectivity index (χ0v) is 21.2. The molecule has 1 amide bonds. The lowest BCUT2D eigenvalue weighted by Crippen LogP contribution is -2.49. The number of aromatic amines is 1. The van der Waals surface area contributed by atoms with Crippen molar-refractivity contribution in [1.82, 2.24) is 9.88 Å². The SMILES string of the molecule is COc1cc(OC)cc(C(CC(=O)N2CCN(c3ccccc3C)CC2)c2c[nH]c3ccccc23)c1. The van der Waals surface area contributed by atoms with Gasteiger partial charge in [-0.05, 0) is 47.9 Å². The standard InChI is InChI=1S/C30H33N3O3/c1-21-8-4-7-11-29(21)32-12-14-33(15-13-32)30(34)19-26(22-16-23(35-2)18-24(17-22)36-3)27-20-31-28-10-6-5-9-25(27)28/h4-11,16-18,20,26,31H,12-15,19H2,1-3H3. The molecule has 0 radical (unpaired) electrons. The Bertz CT molecular complexity index is 1330. The molecule has 1 fully saturated rings. The average Bonchev–Trinajstić information content (AvgIpc) is 3.35. The van der Waals surface area contributed by atoms with Gasteiger partial charge >= 0.3 is 0 Å². The second kappa shape index (κ2) is 10.4. The molecule has 1 saturated heterocycles. The monoisotopic (exact) mass is 483 g/mol. The molecule has 1 atom stereocenters. The third-order valence-electron chi connectivity index (χ3n) is 7.24. The zero-order chi connectivity index (χ0) is 25.1. The highest BCUT2D eigenvalue weighted by Crippen LogP contribution is 2.37. The minimum atomic E-state index is -0.132. The molecule has 2 heterocycles. The summed E-state index contributed by atoms with van der Waals surface area (Å²) >= 11 is 0. The predicted molar refractivity (Wildman–Crippen MR) is 144 cm³/mol. The molecule has 1 N–H and O–H groups in total. The van der Waals surface area contributed by atoms with Crippen molar-refractivity contribution in [2.75, 3.05) is 45.3 Å². The van der Waals surface area contributed by atoms with E-state index in [-0.39, 0.29) is 11.8 Å². The van der Waals surface area contributed by atoms with Crippen LogP contribution < -0.4 is 14.4 Å². The number of piperazine rings is 1. The van der Waals surface area contributed by atoms with E-state index in [1.54, 1.807) is 14.2 Å². The molecule has 186 valence electrons. The lowest BCUT2D eigenvalue weighted by atomic mass is 9.87. The predicted octanol–water partition coefficient (Wildman–Crippen LogP) is 5.36. The number of amides is 1. The third-order valence-corrected chi connectivity index (χ3v) is 7.24. The fourth-order valence-corrected chi connectivity index (χ4v) is 5.24. The van der Waals surface area contributed by atoms with Gasteiger partial charge in [0, 0.05) is 67.4 Å². The number of rotatable bonds is 7. The molecule has 5 rings (SSSR count). The van der Waals surface area contributed by atoms with Gasteiger partial charge < -0.3 is 24.3 Å². The maximum atomic E-state index is 13.7. The second-order valence-corrected chi connectivity index (χ2v) is 9.35. The highest BCUT2D eigenvalue weighted by molar-refractivity contribution is 5.86. The van der Waals surface area contributed by atoms with Gasteiger partial charge in [-0.25, -0.2) is 0 Å². The maximum Gasteiger partial charge on any atom is 0.223 e. The Morgan fingerprint density at radius 1 is 0.917 bits per heavy atom. The first-order valence-electron chi connectivity index (χ1n) is 12.4. The molecule has 1 aromatic heterocycles. The van der Waals surface area contributed by atoms with E-state index in [2.05, 4.69) is 53.2 Å². The third kappa shape index (κ3) is 4.76. The Kier molecular flexibility index (Phi) is 6.85. The van der Waals surface area contributed by atoms with E-state index >= 15 is 0 Å². The number of carbonyl (C=O) groups is 1. The molecule has 1 unspecified atom stereocenters. The number of ether oxygens (including phenoxy) is 2. The molecule has 3 aromatic carbocycles. The van der Waals surface area contributed by atoms with Gasteiger partial charge in [0.1, 0.15) is 11.5 Å². The quantitative estimate of drug-likeness (QED) is 0.384. The van der Waals surface area contributed by atoms with Crippen LogP contribution in [0.1, 0.15) is 29.0 Å². The maximum absolute atomic E-state index is 13.7. The molecule has 1 aliphatic heterocycles. The number of nitrogens with zero attached hydrogens (tertiary/aromatic N) is 2. The fraction of sp³-hybridized carbons (Fsp3) is 0.300. The number of anilines is 1. The molecule has 4 aromatic rings. The van der Waals surface area contributed by atoms with Crippen LogP contribution in [-0.4, -0.2) is 56.2 Å². The van der Waals surface area contributed by atoms with E-state index in [1.807, 2.05) is 41.4 Å². The Hall–Kier alpha value is -3.93. The van der Waals surface area contributed by atoms with E-state index in [0.29, 0.717) is 17.9 Å². The van der Waals surface area contributed by atoms with Crippen LogP contribution in [0.5, 0.6) is 11.5 Å². The van der Waals surface area contributed by atoms with Gasteiger partial charge in [0.25, 0.3) is 0 Å². The fourth-order valence-electron chi connectivity index (χ4n) is 5.24. The first-order chi connectivity index (χ1) is 17.6. The largest absolute Gasteiger partial charge is 0.497 e. The van der Waals surface area contributed by atoms with Gasteiger partial charge in [0.05, 0.1) is 14.2 Å². The van der Waals surface area contributed by atoms with E-state index in [1.165, 1.54) is 11.3 Å². The number of methoxy groups -OCH3 is 2. The summed E-state index contributed by atoms with van der Waals surface area (Å²) in [6, 6.07) is 22.6. The van der Waals surface area contributed by atoms with Gasteiger partial charge in [-0.2, -0.15) is 0 Å². The highest BCUT2D eigenvalue weighted by Gasteiger charge is 2.28. The summed E-state index contributed by atoms with van der Waals surface area (Å²) in [5.74, 6) is 1.46. The number of aryl methyl sites for hydroxylation is 1. The van der Waals surface area contributed by atoms with E-state index in [9.17, 15) is 4.79 Å². The summed E-state index contributed by atoms with van der Waals surface area (Å²) in [5, 5.41) is 1.13. The summed E-state index contributed by atoms with van der Waals surface area (Å²) in [5.41, 5.74) is 5.69. The van der Waals surface area contributed by atoms with E-state index in [0.717, 1.165) is 48.2 Å². The van der Waals surface area contributed by atoms with Crippen molar-refractivity contribution in [2.24, 2.45) is 0 Å². The summed E-state index contributed by atoms with van der Waals surface area (Å²) in [7, 11) is 3.30. The van der Waals surface area contributed by atoms with Crippen LogP contribution in [0.2, 0.25) is 0 Å². The van der Waals surface area contributed by atoms with Crippen molar-refractivity contribution in [3.8, 4) is 11.5 Å². The number of H-pyrrole nitrogens is 1. The van der Waals surface area contributed by atoms with Gasteiger partial charge in [-0.15, -0.1) is 0 Å². The summed E-state index contributed by atoms with van der Waals surface area (Å²) in [6.07, 6.45) is 2.41. The van der Waals surface area contributed by atoms with Gasteiger partial charge in [-0.1, -0.05) is 36.4 Å². The Morgan fingerprint density at radius 3 is 2.28 bits per heavy atom. The molecule has 6 heteroatoms. The second-order valence-electron chi connectivity index (χ2n) is 9.35. The van der Waals surface area contributed by atoms with Crippen LogP contribution in [0.4, 0.5) is 5.69 Å². The number of para-hydroxylation sites is 2. The molecule has 0 bridgehead atoms. The highest BCUT2D eigenvalue weighted by atomic mass is 16.5. The molecule has 1 aliphatic rings. The number of benzene rings is 3. The van der Waals surface area contributed by atoms with Crippen molar-refractivity contribution in [3.05, 3.63) is 89.6 Å². The minimum absolute atomic E-state index is 0.132. The topological polar surface area (TPSA) is 57.8 Å². The lowest BCUT2D eigenvalue weighted by molar-refractivity contribution is -0.131. The van der Waals surface area contributed by atoms with Gasteiger partial charge in [-0.3, -0.25) is 4.79 Å². The van der Waals surface area contributed by atoms with Gasteiger partial charge in [0.15, 0.2) is 0 Å². The van der Waals surface area contributed by atoms with Crippen molar-refractivity contribution < 1.29 is 14.3 Å². The van der Waals surface area contributed by atoms with Crippen molar-refractivity contribution >= 4 is 22.5 Å². The summed E-state index contributed by atoms with van der Waals surface area (Å²) in [4.78, 5) is 21.4. The normalized spacial score (nSPS) is 14.6. The Balaban J connectivity index is 1.41. The van der Waals surface area contributed by atoms with Gasteiger partial charge in [0.2, 0.25) is 5.91 Å². The molecule has 0 spiro atoms. The summed E-state index contributed by atoms with van der Waals surface area (Å²) in [6.45, 7) is 5.24. The smallest absolute Gasteiger partial charge is 0.223 e. The van der Waals surface area contributed by atoms with Crippen LogP contribution in [0.3, 0.4) is 0 Å². The van der Waals surface area contributed by atoms with Crippen LogP contribution in [-0.2, 0) is 4.79 Å². The van der Waals surface area contributed by atoms with Crippen molar-refractivity contribution in [2.45, 2.75) is 19.3 Å². The molecule has 0 saturated carbocycles. The number of carbonyl (C=O) groups excluding carboxylic acids is 1. The van der Waals surface area contributed by atoms with Crippen molar-refractivity contribution in [1.29, 1.82) is 0 Å². The number of hydrogen-bond acceptors (Lipinski definition) is 4. The minimum Gasteiger partial charge on any atom is -0.497 e.